The Labute approximate surface area is 209 Å². The van der Waals surface area contributed by atoms with Crippen LogP contribution in [0.25, 0.3) is 0 Å². The highest BCUT2D eigenvalue weighted by molar-refractivity contribution is 6.06. The average Bonchev–Trinajstić information content (AvgIpc) is 3.32. The molecule has 11 nitrogen and oxygen atoms in total. The van der Waals surface area contributed by atoms with Crippen LogP contribution in [-0.2, 0) is 4.74 Å². The first-order valence-corrected chi connectivity index (χ1v) is 11.9. The lowest BCUT2D eigenvalue weighted by Crippen LogP contribution is -2.42. The van der Waals surface area contributed by atoms with E-state index in [-0.39, 0.29) is 35.0 Å². The molecule has 4 rings (SSSR count). The molecular formula is C25H30N6O5. The van der Waals surface area contributed by atoms with Crippen molar-refractivity contribution in [3.8, 4) is 17.4 Å². The zero-order chi connectivity index (χ0) is 25.5. The van der Waals surface area contributed by atoms with Gasteiger partial charge in [-0.15, -0.1) is 0 Å². The fourth-order valence-corrected chi connectivity index (χ4v) is 3.57. The van der Waals surface area contributed by atoms with Gasteiger partial charge in [-0.3, -0.25) is 9.59 Å². The van der Waals surface area contributed by atoms with Crippen molar-refractivity contribution < 1.29 is 23.8 Å². The van der Waals surface area contributed by atoms with Gasteiger partial charge in [0.1, 0.15) is 34.8 Å². The van der Waals surface area contributed by atoms with E-state index in [9.17, 15) is 9.59 Å². The number of amidine groups is 1. The number of aryl methyl sites for hydroxylation is 1. The van der Waals surface area contributed by atoms with Crippen molar-refractivity contribution >= 4 is 17.6 Å². The van der Waals surface area contributed by atoms with Crippen molar-refractivity contribution in [1.29, 1.82) is 0 Å². The van der Waals surface area contributed by atoms with E-state index in [1.54, 1.807) is 30.2 Å². The molecule has 190 valence electrons. The van der Waals surface area contributed by atoms with Crippen molar-refractivity contribution in [2.45, 2.75) is 32.8 Å². The lowest BCUT2D eigenvalue weighted by molar-refractivity contribution is 0.0644. The van der Waals surface area contributed by atoms with Gasteiger partial charge in [-0.05, 0) is 38.5 Å². The number of hydrogen-bond donors (Lipinski definition) is 2. The first-order valence-electron chi connectivity index (χ1n) is 11.9. The van der Waals surface area contributed by atoms with Crippen LogP contribution in [0, 0.1) is 6.92 Å². The van der Waals surface area contributed by atoms with E-state index < -0.39 is 5.91 Å². The van der Waals surface area contributed by atoms with Crippen molar-refractivity contribution in [3.63, 3.8) is 0 Å². The third-order valence-corrected chi connectivity index (χ3v) is 5.60. The van der Waals surface area contributed by atoms with Crippen LogP contribution >= 0.6 is 0 Å². The van der Waals surface area contributed by atoms with Gasteiger partial charge in [-0.2, -0.15) is 4.99 Å². The van der Waals surface area contributed by atoms with Crippen molar-refractivity contribution in [2.75, 3.05) is 32.8 Å². The van der Waals surface area contributed by atoms with Gasteiger partial charge < -0.3 is 30.2 Å². The Morgan fingerprint density at radius 1 is 1.31 bits per heavy atom. The molecule has 36 heavy (non-hydrogen) atoms. The second-order valence-corrected chi connectivity index (χ2v) is 8.42. The molecule has 2 aromatic rings. The number of nitrogens with zero attached hydrogens (tertiary/aromatic N) is 4. The molecule has 0 bridgehead atoms. The van der Waals surface area contributed by atoms with Gasteiger partial charge in [-0.1, -0.05) is 0 Å². The van der Waals surface area contributed by atoms with Crippen LogP contribution in [0.2, 0.25) is 0 Å². The van der Waals surface area contributed by atoms with E-state index in [1.165, 1.54) is 18.3 Å². The Balaban J connectivity index is 1.57. The Morgan fingerprint density at radius 3 is 2.78 bits per heavy atom. The SMILES string of the molecule is CCN/C=C\C(N)=NC(=O)c1cc(Oc2ncc(C(=O)N3CCC3)nc2C)cc(OC2CCOC2)c1. The van der Waals surface area contributed by atoms with Crippen molar-refractivity contribution in [3.05, 3.63) is 53.6 Å². The topological polar surface area (TPSA) is 141 Å². The van der Waals surface area contributed by atoms with Crippen LogP contribution in [0.15, 0.2) is 41.7 Å². The van der Waals surface area contributed by atoms with Crippen LogP contribution in [-0.4, -0.2) is 71.5 Å². The average molecular weight is 495 g/mol. The van der Waals surface area contributed by atoms with Crippen molar-refractivity contribution in [2.24, 2.45) is 10.7 Å². The molecule has 3 N–H and O–H groups in total. The Hall–Kier alpha value is -3.99. The largest absolute Gasteiger partial charge is 0.488 e. The lowest BCUT2D eigenvalue weighted by atomic mass is 10.2. The Kier molecular flexibility index (Phi) is 8.11. The molecule has 1 unspecified atom stereocenters. The number of nitrogens with one attached hydrogen (secondary N) is 1. The summed E-state index contributed by atoms with van der Waals surface area (Å²) >= 11 is 0. The molecule has 2 fully saturated rings. The van der Waals surface area contributed by atoms with E-state index in [1.807, 2.05) is 6.92 Å². The van der Waals surface area contributed by atoms with Crippen LogP contribution in [0.3, 0.4) is 0 Å². The van der Waals surface area contributed by atoms with Gasteiger partial charge in [0.15, 0.2) is 0 Å². The van der Waals surface area contributed by atoms with Crippen LogP contribution in [0.1, 0.15) is 46.3 Å². The highest BCUT2D eigenvalue weighted by Gasteiger charge is 2.24. The maximum atomic E-state index is 12.8. The molecule has 2 saturated heterocycles. The number of likely N-dealkylation sites (tertiary alicyclic amines) is 1. The first-order chi connectivity index (χ1) is 17.4. The van der Waals surface area contributed by atoms with Gasteiger partial charge >= 0.3 is 0 Å². The van der Waals surface area contributed by atoms with E-state index in [0.29, 0.717) is 30.4 Å². The molecule has 3 heterocycles. The minimum absolute atomic E-state index is 0.0584. The predicted molar refractivity (Wildman–Crippen MR) is 132 cm³/mol. The van der Waals surface area contributed by atoms with E-state index in [0.717, 1.165) is 32.5 Å². The third kappa shape index (κ3) is 6.36. The Bertz CT molecular complexity index is 1170. The number of hydrogen-bond acceptors (Lipinski definition) is 8. The van der Waals surface area contributed by atoms with Crippen LogP contribution in [0.4, 0.5) is 0 Å². The fourth-order valence-electron chi connectivity index (χ4n) is 3.57. The number of carbonyl (C=O) groups excluding carboxylic acids is 2. The smallest absolute Gasteiger partial charge is 0.279 e. The zero-order valence-corrected chi connectivity index (χ0v) is 20.4. The van der Waals surface area contributed by atoms with E-state index in [4.69, 9.17) is 19.9 Å². The predicted octanol–water partition coefficient (Wildman–Crippen LogP) is 2.21. The molecule has 1 aromatic carbocycles. The normalized spacial score (nSPS) is 17.7. The molecule has 0 radical (unpaired) electrons. The molecule has 2 aliphatic heterocycles. The van der Waals surface area contributed by atoms with E-state index >= 15 is 0 Å². The summed E-state index contributed by atoms with van der Waals surface area (Å²) in [6.07, 6.45) is 6.13. The van der Waals surface area contributed by atoms with Crippen molar-refractivity contribution in [1.82, 2.24) is 20.2 Å². The molecule has 2 amide bonds. The van der Waals surface area contributed by atoms with E-state index in [2.05, 4.69) is 20.3 Å². The molecule has 11 heteroatoms. The molecular weight excluding hydrogens is 464 g/mol. The number of aliphatic imine (C=N–C) groups is 1. The van der Waals surface area contributed by atoms with Gasteiger partial charge in [0.05, 0.1) is 19.4 Å². The molecule has 0 spiro atoms. The summed E-state index contributed by atoms with van der Waals surface area (Å²) in [6.45, 7) is 6.90. The summed E-state index contributed by atoms with van der Waals surface area (Å²) in [5, 5.41) is 2.97. The number of ether oxygens (including phenoxy) is 3. The number of benzene rings is 1. The van der Waals surface area contributed by atoms with Gasteiger partial charge in [-0.25, -0.2) is 9.97 Å². The Morgan fingerprint density at radius 2 is 2.11 bits per heavy atom. The van der Waals surface area contributed by atoms with Gasteiger partial charge in [0.25, 0.3) is 11.8 Å². The van der Waals surface area contributed by atoms with Gasteiger partial charge in [0.2, 0.25) is 5.88 Å². The summed E-state index contributed by atoms with van der Waals surface area (Å²) in [5.74, 6) is 0.313. The maximum absolute atomic E-state index is 12.8. The fraction of sp³-hybridized carbons (Fsp3) is 0.400. The summed E-state index contributed by atoms with van der Waals surface area (Å²) < 4.78 is 17.4. The maximum Gasteiger partial charge on any atom is 0.279 e. The van der Waals surface area contributed by atoms with Crippen LogP contribution in [0.5, 0.6) is 17.4 Å². The number of rotatable bonds is 9. The number of amides is 2. The molecule has 1 aromatic heterocycles. The second-order valence-electron chi connectivity index (χ2n) is 8.42. The summed E-state index contributed by atoms with van der Waals surface area (Å²) in [4.78, 5) is 39.6. The number of aromatic nitrogens is 2. The standard InChI is InChI=1S/C25H30N6O5/c1-3-27-7-5-22(26)30-23(32)17-11-19(35-18-6-10-34-15-18)13-20(12-17)36-24-16(2)29-21(14-28-24)25(33)31-8-4-9-31/h5,7,11-14,18,27H,3-4,6,8-10,15H2,1-2H3,(H2,26,30,32)/b7-5-. The number of carbonyl (C=O) groups is 2. The minimum Gasteiger partial charge on any atom is -0.488 e. The quantitative estimate of drug-likeness (QED) is 0.396. The lowest BCUT2D eigenvalue weighted by Gasteiger charge is -2.30. The number of nitrogens with two attached hydrogens (primary N) is 1. The molecule has 2 aliphatic rings. The van der Waals surface area contributed by atoms with Gasteiger partial charge in [0, 0.05) is 43.9 Å². The summed E-state index contributed by atoms with van der Waals surface area (Å²) in [6, 6.07) is 4.78. The highest BCUT2D eigenvalue weighted by atomic mass is 16.5. The van der Waals surface area contributed by atoms with Crippen LogP contribution < -0.4 is 20.5 Å². The summed E-state index contributed by atoms with van der Waals surface area (Å²) in [7, 11) is 0. The molecule has 0 saturated carbocycles. The summed E-state index contributed by atoms with van der Waals surface area (Å²) in [5.41, 5.74) is 6.80. The molecule has 1 atom stereocenters. The zero-order valence-electron chi connectivity index (χ0n) is 20.4. The highest BCUT2D eigenvalue weighted by Crippen LogP contribution is 2.30. The monoisotopic (exact) mass is 494 g/mol. The minimum atomic E-state index is -0.551. The third-order valence-electron chi connectivity index (χ3n) is 5.60. The first kappa shape index (κ1) is 25.1. The molecule has 0 aliphatic carbocycles. The second kappa shape index (κ2) is 11.6.